The van der Waals surface area contributed by atoms with Gasteiger partial charge >= 0.3 is 0 Å². The lowest BCUT2D eigenvalue weighted by Gasteiger charge is -2.04. The predicted octanol–water partition coefficient (Wildman–Crippen LogP) is 2.86. The monoisotopic (exact) mass is 239 g/mol. The van der Waals surface area contributed by atoms with E-state index in [0.29, 0.717) is 6.04 Å². The van der Waals surface area contributed by atoms with Crippen molar-refractivity contribution in [3.05, 3.63) is 22.1 Å². The van der Waals surface area contributed by atoms with Gasteiger partial charge < -0.3 is 5.32 Å². The molecule has 0 radical (unpaired) electrons. The fourth-order valence-electron chi connectivity index (χ4n) is 1.18. The summed E-state index contributed by atoms with van der Waals surface area (Å²) < 4.78 is 0. The first-order valence-corrected chi connectivity index (χ1v) is 6.52. The topological polar surface area (TPSA) is 37.8 Å². The van der Waals surface area contributed by atoms with E-state index in [1.54, 1.807) is 22.7 Å². The SMILES string of the molecule is CNC(C)c1csc(-c2nc(C)cs2)n1. The lowest BCUT2D eigenvalue weighted by Crippen LogP contribution is -2.12. The van der Waals surface area contributed by atoms with Crippen LogP contribution in [0, 0.1) is 6.92 Å². The number of hydrogen-bond acceptors (Lipinski definition) is 5. The number of rotatable bonds is 3. The summed E-state index contributed by atoms with van der Waals surface area (Å²) in [5.74, 6) is 0. The average Bonchev–Trinajstić information content (AvgIpc) is 2.84. The molecule has 0 bridgehead atoms. The summed E-state index contributed by atoms with van der Waals surface area (Å²) in [5, 5.41) is 9.36. The molecule has 1 atom stereocenters. The molecular weight excluding hydrogens is 226 g/mol. The zero-order valence-corrected chi connectivity index (χ0v) is 10.6. The Kier molecular flexibility index (Phi) is 3.14. The second kappa shape index (κ2) is 4.38. The van der Waals surface area contributed by atoms with Gasteiger partial charge in [-0.25, -0.2) is 9.97 Å². The van der Waals surface area contributed by atoms with Crippen LogP contribution < -0.4 is 5.32 Å². The molecule has 2 aromatic heterocycles. The molecule has 0 aromatic carbocycles. The van der Waals surface area contributed by atoms with Gasteiger partial charge in [-0.2, -0.15) is 0 Å². The molecule has 0 fully saturated rings. The normalized spacial score (nSPS) is 13.0. The average molecular weight is 239 g/mol. The number of hydrogen-bond donors (Lipinski definition) is 1. The minimum Gasteiger partial charge on any atom is -0.312 e. The molecule has 0 aliphatic heterocycles. The van der Waals surface area contributed by atoms with Crippen molar-refractivity contribution in [1.29, 1.82) is 0 Å². The van der Waals surface area contributed by atoms with Crippen LogP contribution in [0.3, 0.4) is 0 Å². The van der Waals surface area contributed by atoms with Gasteiger partial charge in [0, 0.05) is 22.5 Å². The van der Waals surface area contributed by atoms with E-state index in [1.807, 2.05) is 14.0 Å². The summed E-state index contributed by atoms with van der Waals surface area (Å²) in [6.45, 7) is 4.11. The van der Waals surface area contributed by atoms with Crippen LogP contribution in [0.4, 0.5) is 0 Å². The molecule has 5 heteroatoms. The molecule has 0 saturated carbocycles. The Bertz CT molecular complexity index is 447. The van der Waals surface area contributed by atoms with Gasteiger partial charge in [0.1, 0.15) is 0 Å². The van der Waals surface area contributed by atoms with Gasteiger partial charge in [-0.05, 0) is 20.9 Å². The maximum Gasteiger partial charge on any atom is 0.152 e. The van der Waals surface area contributed by atoms with E-state index in [1.165, 1.54) is 0 Å². The van der Waals surface area contributed by atoms with Crippen LogP contribution in [0.25, 0.3) is 10.0 Å². The summed E-state index contributed by atoms with van der Waals surface area (Å²) in [7, 11) is 1.94. The van der Waals surface area contributed by atoms with Gasteiger partial charge in [0.25, 0.3) is 0 Å². The minimum atomic E-state index is 0.302. The molecule has 0 saturated heterocycles. The number of nitrogens with zero attached hydrogens (tertiary/aromatic N) is 2. The molecule has 3 nitrogen and oxygen atoms in total. The van der Waals surface area contributed by atoms with Crippen LogP contribution in [0.15, 0.2) is 10.8 Å². The fourth-order valence-corrected chi connectivity index (χ4v) is 2.94. The molecule has 0 amide bonds. The highest BCUT2D eigenvalue weighted by Gasteiger charge is 2.11. The molecular formula is C10H13N3S2. The Labute approximate surface area is 97.2 Å². The third-order valence-electron chi connectivity index (χ3n) is 2.20. The fraction of sp³-hybridized carbons (Fsp3) is 0.400. The Morgan fingerprint density at radius 3 is 2.47 bits per heavy atom. The van der Waals surface area contributed by atoms with E-state index in [-0.39, 0.29) is 0 Å². The van der Waals surface area contributed by atoms with Crippen molar-refractivity contribution in [3.8, 4) is 10.0 Å². The summed E-state index contributed by atoms with van der Waals surface area (Å²) in [6.07, 6.45) is 0. The third kappa shape index (κ3) is 2.25. The molecule has 0 aliphatic rings. The molecule has 15 heavy (non-hydrogen) atoms. The van der Waals surface area contributed by atoms with Crippen molar-refractivity contribution in [1.82, 2.24) is 15.3 Å². The van der Waals surface area contributed by atoms with Crippen LogP contribution in [-0.2, 0) is 0 Å². The molecule has 1 N–H and O–H groups in total. The second-order valence-corrected chi connectivity index (χ2v) is 5.10. The van der Waals surface area contributed by atoms with Crippen LogP contribution in [0.1, 0.15) is 24.4 Å². The van der Waals surface area contributed by atoms with E-state index < -0.39 is 0 Å². The standard InChI is InChI=1S/C10H13N3S2/c1-6-4-14-9(12-6)10-13-8(5-15-10)7(2)11-3/h4-5,7,11H,1-3H3. The van der Waals surface area contributed by atoms with E-state index in [0.717, 1.165) is 21.4 Å². The number of thiazole rings is 2. The zero-order valence-electron chi connectivity index (χ0n) is 8.94. The van der Waals surface area contributed by atoms with Crippen LogP contribution in [0.5, 0.6) is 0 Å². The second-order valence-electron chi connectivity index (χ2n) is 3.38. The minimum absolute atomic E-state index is 0.302. The maximum absolute atomic E-state index is 4.57. The number of aryl methyl sites for hydroxylation is 1. The highest BCUT2D eigenvalue weighted by atomic mass is 32.1. The van der Waals surface area contributed by atoms with Gasteiger partial charge in [-0.1, -0.05) is 0 Å². The molecule has 80 valence electrons. The maximum atomic E-state index is 4.57. The highest BCUT2D eigenvalue weighted by molar-refractivity contribution is 7.19. The zero-order chi connectivity index (χ0) is 10.8. The lowest BCUT2D eigenvalue weighted by molar-refractivity contribution is 0.637. The van der Waals surface area contributed by atoms with Gasteiger partial charge in [0.2, 0.25) is 0 Å². The molecule has 0 aliphatic carbocycles. The van der Waals surface area contributed by atoms with Gasteiger partial charge in [-0.3, -0.25) is 0 Å². The van der Waals surface area contributed by atoms with Crippen molar-refractivity contribution in [3.63, 3.8) is 0 Å². The van der Waals surface area contributed by atoms with Gasteiger partial charge in [-0.15, -0.1) is 22.7 Å². The molecule has 2 heterocycles. The van der Waals surface area contributed by atoms with Crippen LogP contribution in [-0.4, -0.2) is 17.0 Å². The lowest BCUT2D eigenvalue weighted by atomic mass is 10.3. The van der Waals surface area contributed by atoms with Crippen molar-refractivity contribution >= 4 is 22.7 Å². The Balaban J connectivity index is 2.27. The summed E-state index contributed by atoms with van der Waals surface area (Å²) >= 11 is 3.31. The van der Waals surface area contributed by atoms with Gasteiger partial charge in [0.15, 0.2) is 10.0 Å². The third-order valence-corrected chi connectivity index (χ3v) is 4.16. The first kappa shape index (κ1) is 10.7. The number of aromatic nitrogens is 2. The largest absolute Gasteiger partial charge is 0.312 e. The summed E-state index contributed by atoms with van der Waals surface area (Å²) in [4.78, 5) is 8.99. The van der Waals surface area contributed by atoms with Crippen molar-refractivity contribution in [2.24, 2.45) is 0 Å². The van der Waals surface area contributed by atoms with Crippen molar-refractivity contribution in [2.45, 2.75) is 19.9 Å². The summed E-state index contributed by atoms with van der Waals surface area (Å²) in [5.41, 5.74) is 2.15. The van der Waals surface area contributed by atoms with E-state index in [2.05, 4.69) is 33.0 Å². The van der Waals surface area contributed by atoms with Crippen LogP contribution >= 0.6 is 22.7 Å². The molecule has 1 unspecified atom stereocenters. The number of nitrogens with one attached hydrogen (secondary N) is 1. The van der Waals surface area contributed by atoms with E-state index in [4.69, 9.17) is 0 Å². The van der Waals surface area contributed by atoms with Crippen LogP contribution in [0.2, 0.25) is 0 Å². The van der Waals surface area contributed by atoms with Crippen molar-refractivity contribution < 1.29 is 0 Å². The molecule has 2 aromatic rings. The van der Waals surface area contributed by atoms with E-state index in [9.17, 15) is 0 Å². The van der Waals surface area contributed by atoms with Crippen molar-refractivity contribution in [2.75, 3.05) is 7.05 Å². The summed E-state index contributed by atoms with van der Waals surface area (Å²) in [6, 6.07) is 0.302. The van der Waals surface area contributed by atoms with E-state index >= 15 is 0 Å². The molecule has 0 spiro atoms. The first-order valence-electron chi connectivity index (χ1n) is 4.76. The smallest absolute Gasteiger partial charge is 0.152 e. The highest BCUT2D eigenvalue weighted by Crippen LogP contribution is 2.28. The molecule has 2 rings (SSSR count). The first-order chi connectivity index (χ1) is 7.20. The Hall–Kier alpha value is -0.780. The Morgan fingerprint density at radius 1 is 1.20 bits per heavy atom. The predicted molar refractivity (Wildman–Crippen MR) is 65.4 cm³/mol. The Morgan fingerprint density at radius 2 is 1.87 bits per heavy atom. The van der Waals surface area contributed by atoms with Gasteiger partial charge in [0.05, 0.1) is 5.69 Å². The quantitative estimate of drug-likeness (QED) is 0.895.